The van der Waals surface area contributed by atoms with Crippen molar-refractivity contribution in [1.29, 1.82) is 0 Å². The molecule has 2 aromatic rings. The van der Waals surface area contributed by atoms with Crippen LogP contribution < -0.4 is 16.4 Å². The molecule has 7 heteroatoms. The molecule has 0 fully saturated rings. The maximum absolute atomic E-state index is 11.3. The van der Waals surface area contributed by atoms with Crippen molar-refractivity contribution in [3.8, 4) is 0 Å². The molecule has 0 radical (unpaired) electrons. The molecule has 1 aromatic carbocycles. The Morgan fingerprint density at radius 2 is 1.80 bits per heavy atom. The molecule has 0 aliphatic rings. The van der Waals surface area contributed by atoms with Crippen molar-refractivity contribution in [2.24, 2.45) is 0 Å². The second-order valence-corrected chi connectivity index (χ2v) is 7.48. The van der Waals surface area contributed by atoms with Gasteiger partial charge in [0.15, 0.2) is 0 Å². The number of methoxy groups -OCH3 is 1. The topological polar surface area (TPSA) is 102 Å². The first-order valence-electron chi connectivity index (χ1n) is 10.8. The Morgan fingerprint density at radius 3 is 2.50 bits per heavy atom. The van der Waals surface area contributed by atoms with E-state index in [1.165, 1.54) is 25.5 Å². The minimum Gasteiger partial charge on any atom is -0.469 e. The van der Waals surface area contributed by atoms with Crippen LogP contribution in [0.15, 0.2) is 24.3 Å². The van der Waals surface area contributed by atoms with E-state index in [1.807, 2.05) is 31.2 Å². The number of rotatable bonds is 13. The number of unbranched alkanes of at least 4 members (excludes halogenated alkanes) is 2. The number of nitrogens with two attached hydrogens (primary N) is 1. The van der Waals surface area contributed by atoms with Gasteiger partial charge in [-0.2, -0.15) is 4.98 Å². The van der Waals surface area contributed by atoms with Crippen LogP contribution in [0.25, 0.3) is 0 Å². The van der Waals surface area contributed by atoms with Crippen molar-refractivity contribution in [1.82, 2.24) is 15.3 Å². The molecule has 7 nitrogen and oxygen atoms in total. The van der Waals surface area contributed by atoms with Gasteiger partial charge in [-0.05, 0) is 43.9 Å². The summed E-state index contributed by atoms with van der Waals surface area (Å²) in [5.41, 5.74) is 10.1. The van der Waals surface area contributed by atoms with Crippen LogP contribution >= 0.6 is 0 Å². The molecule has 30 heavy (non-hydrogen) atoms. The second kappa shape index (κ2) is 12.8. The quantitative estimate of drug-likeness (QED) is 0.342. The zero-order chi connectivity index (χ0) is 21.8. The Kier molecular flexibility index (Phi) is 10.1. The lowest BCUT2D eigenvalue weighted by atomic mass is 10.1. The number of carbonyl (C=O) groups excluding carboxylic acids is 1. The highest BCUT2D eigenvalue weighted by atomic mass is 16.5. The monoisotopic (exact) mass is 413 g/mol. The standard InChI is InChI=1S/C23H35N5O2/c1-4-5-6-14-26-22-20(17(2)27-23(24)28-22)8-7-13-25-16-19-11-9-18(10-12-19)15-21(29)30-3/h9-12,25H,4-8,13-16H2,1-3H3,(H3,24,26,27,28). The minimum absolute atomic E-state index is 0.220. The van der Waals surface area contributed by atoms with Gasteiger partial charge in [0.05, 0.1) is 13.5 Å². The third-order valence-electron chi connectivity index (χ3n) is 5.01. The first-order valence-corrected chi connectivity index (χ1v) is 10.8. The van der Waals surface area contributed by atoms with Crippen molar-refractivity contribution >= 4 is 17.7 Å². The third kappa shape index (κ3) is 7.99. The van der Waals surface area contributed by atoms with Gasteiger partial charge in [-0.15, -0.1) is 0 Å². The molecule has 0 amide bonds. The van der Waals surface area contributed by atoms with Gasteiger partial charge in [-0.25, -0.2) is 4.98 Å². The van der Waals surface area contributed by atoms with Crippen LogP contribution in [0.3, 0.4) is 0 Å². The van der Waals surface area contributed by atoms with Crippen LogP contribution in [0.1, 0.15) is 55.0 Å². The molecule has 0 bridgehead atoms. The molecule has 1 heterocycles. The van der Waals surface area contributed by atoms with Crippen LogP contribution in [0.2, 0.25) is 0 Å². The summed E-state index contributed by atoms with van der Waals surface area (Å²) >= 11 is 0. The van der Waals surface area contributed by atoms with E-state index in [2.05, 4.69) is 27.5 Å². The van der Waals surface area contributed by atoms with Gasteiger partial charge in [0.25, 0.3) is 0 Å². The number of nitrogens with one attached hydrogen (secondary N) is 2. The van der Waals surface area contributed by atoms with E-state index in [0.29, 0.717) is 12.4 Å². The van der Waals surface area contributed by atoms with Crippen molar-refractivity contribution in [3.63, 3.8) is 0 Å². The Balaban J connectivity index is 1.79. The average Bonchev–Trinajstić information content (AvgIpc) is 2.73. The average molecular weight is 414 g/mol. The van der Waals surface area contributed by atoms with Gasteiger partial charge in [-0.1, -0.05) is 44.0 Å². The number of benzene rings is 1. The summed E-state index contributed by atoms with van der Waals surface area (Å²) in [5, 5.41) is 6.91. The lowest BCUT2D eigenvalue weighted by Crippen LogP contribution is -2.17. The van der Waals surface area contributed by atoms with Gasteiger partial charge < -0.3 is 21.1 Å². The smallest absolute Gasteiger partial charge is 0.309 e. The van der Waals surface area contributed by atoms with E-state index in [4.69, 9.17) is 10.5 Å². The largest absolute Gasteiger partial charge is 0.469 e. The Hall–Kier alpha value is -2.67. The van der Waals surface area contributed by atoms with Crippen molar-refractivity contribution in [2.45, 2.75) is 58.9 Å². The predicted octanol–water partition coefficient (Wildman–Crippen LogP) is 3.41. The molecule has 0 aliphatic heterocycles. The van der Waals surface area contributed by atoms with Crippen molar-refractivity contribution < 1.29 is 9.53 Å². The molecule has 0 spiro atoms. The van der Waals surface area contributed by atoms with Gasteiger partial charge in [0.2, 0.25) is 5.95 Å². The molecule has 0 unspecified atom stereocenters. The van der Waals surface area contributed by atoms with E-state index >= 15 is 0 Å². The second-order valence-electron chi connectivity index (χ2n) is 7.48. The summed E-state index contributed by atoms with van der Waals surface area (Å²) in [5.74, 6) is 0.974. The maximum Gasteiger partial charge on any atom is 0.309 e. The molecule has 0 aliphatic carbocycles. The zero-order valence-electron chi connectivity index (χ0n) is 18.5. The number of aromatic nitrogens is 2. The Bertz CT molecular complexity index is 793. The van der Waals surface area contributed by atoms with Gasteiger partial charge in [0.1, 0.15) is 5.82 Å². The summed E-state index contributed by atoms with van der Waals surface area (Å²) in [6.07, 6.45) is 5.71. The van der Waals surface area contributed by atoms with Crippen LogP contribution in [0, 0.1) is 6.92 Å². The molecule has 1 aromatic heterocycles. The summed E-state index contributed by atoms with van der Waals surface area (Å²) in [6, 6.07) is 8.03. The fourth-order valence-corrected chi connectivity index (χ4v) is 3.28. The minimum atomic E-state index is -0.220. The fraction of sp³-hybridized carbons (Fsp3) is 0.522. The highest BCUT2D eigenvalue weighted by Gasteiger charge is 2.10. The molecule has 4 N–H and O–H groups in total. The molecule has 2 rings (SSSR count). The van der Waals surface area contributed by atoms with E-state index in [9.17, 15) is 4.79 Å². The summed E-state index contributed by atoms with van der Waals surface area (Å²) in [6.45, 7) is 6.78. The number of carbonyl (C=O) groups is 1. The highest BCUT2D eigenvalue weighted by molar-refractivity contribution is 5.72. The number of hydrogen-bond acceptors (Lipinski definition) is 7. The maximum atomic E-state index is 11.3. The third-order valence-corrected chi connectivity index (χ3v) is 5.01. The molecular formula is C23H35N5O2. The highest BCUT2D eigenvalue weighted by Crippen LogP contribution is 2.19. The first-order chi connectivity index (χ1) is 14.5. The van der Waals surface area contributed by atoms with Crippen LogP contribution in [-0.2, 0) is 28.9 Å². The summed E-state index contributed by atoms with van der Waals surface area (Å²) < 4.78 is 4.70. The number of nitrogen functional groups attached to an aromatic ring is 1. The van der Waals surface area contributed by atoms with Crippen molar-refractivity contribution in [3.05, 3.63) is 46.6 Å². The number of ether oxygens (including phenoxy) is 1. The van der Waals surface area contributed by atoms with Gasteiger partial charge >= 0.3 is 5.97 Å². The SMILES string of the molecule is CCCCCNc1nc(N)nc(C)c1CCCNCc1ccc(CC(=O)OC)cc1. The Labute approximate surface area is 179 Å². The fourth-order valence-electron chi connectivity index (χ4n) is 3.28. The number of hydrogen-bond donors (Lipinski definition) is 3. The lowest BCUT2D eigenvalue weighted by molar-refractivity contribution is -0.139. The molecule has 0 saturated heterocycles. The van der Waals surface area contributed by atoms with E-state index < -0.39 is 0 Å². The molecule has 164 valence electrons. The van der Waals surface area contributed by atoms with E-state index in [-0.39, 0.29) is 5.97 Å². The lowest BCUT2D eigenvalue weighted by Gasteiger charge is -2.14. The predicted molar refractivity (Wildman–Crippen MR) is 121 cm³/mol. The molecular weight excluding hydrogens is 378 g/mol. The molecule has 0 atom stereocenters. The first kappa shape index (κ1) is 23.6. The van der Waals surface area contributed by atoms with Crippen LogP contribution in [-0.4, -0.2) is 36.1 Å². The number of anilines is 2. The normalized spacial score (nSPS) is 10.8. The molecule has 0 saturated carbocycles. The van der Waals surface area contributed by atoms with Crippen LogP contribution in [0.4, 0.5) is 11.8 Å². The van der Waals surface area contributed by atoms with Crippen molar-refractivity contribution in [2.75, 3.05) is 31.2 Å². The van der Waals surface area contributed by atoms with Crippen LogP contribution in [0.5, 0.6) is 0 Å². The number of aryl methyl sites for hydroxylation is 1. The Morgan fingerprint density at radius 1 is 1.07 bits per heavy atom. The zero-order valence-corrected chi connectivity index (χ0v) is 18.5. The van der Waals surface area contributed by atoms with Gasteiger partial charge in [-0.3, -0.25) is 4.79 Å². The van der Waals surface area contributed by atoms with Gasteiger partial charge in [0, 0.05) is 24.3 Å². The number of esters is 1. The summed E-state index contributed by atoms with van der Waals surface area (Å²) in [4.78, 5) is 20.1. The van der Waals surface area contributed by atoms with E-state index in [1.54, 1.807) is 0 Å². The van der Waals surface area contributed by atoms with E-state index in [0.717, 1.165) is 61.5 Å². The summed E-state index contributed by atoms with van der Waals surface area (Å²) in [7, 11) is 1.41. The number of nitrogens with zero attached hydrogens (tertiary/aromatic N) is 2.